The van der Waals surface area contributed by atoms with Crippen LogP contribution in [0.1, 0.15) is 19.4 Å². The van der Waals surface area contributed by atoms with Gasteiger partial charge < -0.3 is 0 Å². The van der Waals surface area contributed by atoms with Crippen molar-refractivity contribution in [3.05, 3.63) is 84.6 Å². The van der Waals surface area contributed by atoms with Gasteiger partial charge in [0.2, 0.25) is 0 Å². The zero-order valence-electron chi connectivity index (χ0n) is 18.9. The molecule has 0 fully saturated rings. The number of pyridine rings is 1. The summed E-state index contributed by atoms with van der Waals surface area (Å²) in [5.41, 5.74) is 4.96. The van der Waals surface area contributed by atoms with Gasteiger partial charge in [0.1, 0.15) is 0 Å². The van der Waals surface area contributed by atoms with Crippen LogP contribution in [0.25, 0.3) is 33.2 Å². The second-order valence-electron chi connectivity index (χ2n) is 8.76. The molecule has 0 saturated carbocycles. The molecule has 4 rings (SSSR count). The van der Waals surface area contributed by atoms with Crippen LogP contribution in [0.3, 0.4) is 0 Å². The molecule has 4 aromatic rings. The molecule has 7 heteroatoms. The quantitative estimate of drug-likeness (QED) is 0.390. The average Bonchev–Trinajstić information content (AvgIpc) is 2.77. The molecule has 0 spiro atoms. The van der Waals surface area contributed by atoms with Gasteiger partial charge in [-0.25, -0.2) is 16.8 Å². The minimum atomic E-state index is -3.40. The van der Waals surface area contributed by atoms with E-state index in [2.05, 4.69) is 4.98 Å². The van der Waals surface area contributed by atoms with E-state index in [9.17, 15) is 16.8 Å². The summed E-state index contributed by atoms with van der Waals surface area (Å²) < 4.78 is 47.6. The SMILES string of the molecule is CC(C)(c1cc(-c2cccc(-c3ccc(S(C)(=O)=O)cc3)c2)cc2cccnc12)S(C)(=O)=O. The third-order valence-corrected chi connectivity index (χ3v) is 9.29. The summed E-state index contributed by atoms with van der Waals surface area (Å²) in [5.74, 6) is 0. The third kappa shape index (κ3) is 4.43. The molecule has 3 aromatic carbocycles. The maximum Gasteiger partial charge on any atom is 0.175 e. The van der Waals surface area contributed by atoms with Crippen LogP contribution in [0.4, 0.5) is 0 Å². The number of aromatic nitrogens is 1. The minimum Gasteiger partial charge on any atom is -0.256 e. The van der Waals surface area contributed by atoms with Crippen LogP contribution < -0.4 is 0 Å². The van der Waals surface area contributed by atoms with E-state index < -0.39 is 24.4 Å². The predicted molar refractivity (Wildman–Crippen MR) is 134 cm³/mol. The van der Waals surface area contributed by atoms with E-state index >= 15 is 0 Å². The maximum atomic E-state index is 12.6. The molecule has 0 aliphatic carbocycles. The Hall–Kier alpha value is -3.03. The molecule has 0 aliphatic heterocycles. The van der Waals surface area contributed by atoms with Crippen LogP contribution in [-0.2, 0) is 24.4 Å². The van der Waals surface area contributed by atoms with E-state index in [-0.39, 0.29) is 4.90 Å². The predicted octanol–water partition coefficient (Wildman–Crippen LogP) is 5.25. The lowest BCUT2D eigenvalue weighted by Crippen LogP contribution is -2.28. The fourth-order valence-corrected chi connectivity index (χ4v) is 4.98. The average molecular weight is 480 g/mol. The molecule has 0 bridgehead atoms. The van der Waals surface area contributed by atoms with E-state index in [0.29, 0.717) is 11.1 Å². The van der Waals surface area contributed by atoms with Crippen LogP contribution >= 0.6 is 0 Å². The number of fused-ring (bicyclic) bond motifs is 1. The third-order valence-electron chi connectivity index (χ3n) is 6.09. The summed E-state index contributed by atoms with van der Waals surface area (Å²) in [4.78, 5) is 4.75. The molecule has 1 heterocycles. The number of benzene rings is 3. The Bertz CT molecular complexity index is 1570. The first-order chi connectivity index (χ1) is 15.4. The largest absolute Gasteiger partial charge is 0.256 e. The highest BCUT2D eigenvalue weighted by Gasteiger charge is 2.34. The highest BCUT2D eigenvalue weighted by atomic mass is 32.2. The van der Waals surface area contributed by atoms with Crippen molar-refractivity contribution >= 4 is 30.6 Å². The first-order valence-corrected chi connectivity index (χ1v) is 14.2. The van der Waals surface area contributed by atoms with Gasteiger partial charge in [0.15, 0.2) is 19.7 Å². The molecule has 5 nitrogen and oxygen atoms in total. The highest BCUT2D eigenvalue weighted by Crippen LogP contribution is 2.37. The maximum absolute atomic E-state index is 12.6. The van der Waals surface area contributed by atoms with Crippen molar-refractivity contribution in [1.29, 1.82) is 0 Å². The fourth-order valence-electron chi connectivity index (χ4n) is 3.79. The van der Waals surface area contributed by atoms with Gasteiger partial charge >= 0.3 is 0 Å². The lowest BCUT2D eigenvalue weighted by Gasteiger charge is -2.25. The standard InChI is InChI=1S/C26H25NO4S2/c1-26(2,33(4,30)31)24-17-22(16-21-9-6-14-27-25(21)24)20-8-5-7-19(15-20)18-10-12-23(13-11-18)32(3,28)29/h5-17H,1-4H3. The number of hydrogen-bond acceptors (Lipinski definition) is 5. The van der Waals surface area contributed by atoms with Crippen molar-refractivity contribution in [2.45, 2.75) is 23.5 Å². The van der Waals surface area contributed by atoms with Crippen LogP contribution in [-0.4, -0.2) is 34.3 Å². The van der Waals surface area contributed by atoms with Crippen molar-refractivity contribution in [3.63, 3.8) is 0 Å². The molecular weight excluding hydrogens is 454 g/mol. The Morgan fingerprint density at radius 2 is 1.33 bits per heavy atom. The van der Waals surface area contributed by atoms with Gasteiger partial charge in [-0.1, -0.05) is 36.4 Å². The summed E-state index contributed by atoms with van der Waals surface area (Å²) in [6.07, 6.45) is 4.10. The second-order valence-corrected chi connectivity index (χ2v) is 13.3. The smallest absolute Gasteiger partial charge is 0.175 e. The van der Waals surface area contributed by atoms with E-state index in [1.807, 2.05) is 48.5 Å². The zero-order valence-corrected chi connectivity index (χ0v) is 20.5. The summed E-state index contributed by atoms with van der Waals surface area (Å²) in [6.45, 7) is 3.41. The molecule has 0 amide bonds. The van der Waals surface area contributed by atoms with Gasteiger partial charge in [-0.2, -0.15) is 0 Å². The fraction of sp³-hybridized carbons (Fsp3) is 0.192. The van der Waals surface area contributed by atoms with Gasteiger partial charge in [-0.15, -0.1) is 0 Å². The second kappa shape index (κ2) is 8.08. The van der Waals surface area contributed by atoms with Crippen LogP contribution in [0.15, 0.2) is 83.9 Å². The van der Waals surface area contributed by atoms with Gasteiger partial charge in [0, 0.05) is 24.1 Å². The van der Waals surface area contributed by atoms with Crippen molar-refractivity contribution in [3.8, 4) is 22.3 Å². The topological polar surface area (TPSA) is 81.2 Å². The number of hydrogen-bond donors (Lipinski definition) is 0. The molecule has 170 valence electrons. The Kier molecular flexibility index (Phi) is 5.66. The van der Waals surface area contributed by atoms with Crippen LogP contribution in [0.2, 0.25) is 0 Å². The Labute approximate surface area is 195 Å². The van der Waals surface area contributed by atoms with Crippen molar-refractivity contribution < 1.29 is 16.8 Å². The van der Waals surface area contributed by atoms with Crippen molar-refractivity contribution in [1.82, 2.24) is 4.98 Å². The normalized spacial score (nSPS) is 12.7. The van der Waals surface area contributed by atoms with Crippen LogP contribution in [0, 0.1) is 0 Å². The molecule has 33 heavy (non-hydrogen) atoms. The zero-order chi connectivity index (χ0) is 24.0. The summed E-state index contributed by atoms with van der Waals surface area (Å²) in [5, 5.41) is 0.865. The Morgan fingerprint density at radius 1 is 0.697 bits per heavy atom. The first kappa shape index (κ1) is 23.1. The van der Waals surface area contributed by atoms with E-state index in [1.165, 1.54) is 12.5 Å². The lowest BCUT2D eigenvalue weighted by molar-refractivity contribution is 0.562. The van der Waals surface area contributed by atoms with E-state index in [0.717, 1.165) is 27.6 Å². The van der Waals surface area contributed by atoms with Gasteiger partial charge in [0.25, 0.3) is 0 Å². The Balaban J connectivity index is 1.87. The molecule has 0 aliphatic rings. The van der Waals surface area contributed by atoms with E-state index in [1.54, 1.807) is 44.3 Å². The van der Waals surface area contributed by atoms with Crippen molar-refractivity contribution in [2.24, 2.45) is 0 Å². The minimum absolute atomic E-state index is 0.275. The molecular formula is C26H25NO4S2. The van der Waals surface area contributed by atoms with E-state index in [4.69, 9.17) is 0 Å². The van der Waals surface area contributed by atoms with Crippen molar-refractivity contribution in [2.75, 3.05) is 12.5 Å². The monoisotopic (exact) mass is 479 g/mol. The van der Waals surface area contributed by atoms with Gasteiger partial charge in [-0.3, -0.25) is 4.98 Å². The molecule has 0 atom stereocenters. The number of sulfone groups is 2. The van der Waals surface area contributed by atoms with Gasteiger partial charge in [0.05, 0.1) is 15.2 Å². The molecule has 0 radical (unpaired) electrons. The van der Waals surface area contributed by atoms with Crippen LogP contribution in [0.5, 0.6) is 0 Å². The molecule has 1 aromatic heterocycles. The highest BCUT2D eigenvalue weighted by molar-refractivity contribution is 7.91. The summed E-state index contributed by atoms with van der Waals surface area (Å²) in [7, 11) is -6.66. The molecule has 0 unspecified atom stereocenters. The number of nitrogens with zero attached hydrogens (tertiary/aromatic N) is 1. The number of rotatable bonds is 5. The van der Waals surface area contributed by atoms with Gasteiger partial charge in [-0.05, 0) is 78.1 Å². The summed E-state index contributed by atoms with van der Waals surface area (Å²) in [6, 6.07) is 22.4. The first-order valence-electron chi connectivity index (χ1n) is 10.4. The molecule has 0 N–H and O–H groups in total. The summed E-state index contributed by atoms with van der Waals surface area (Å²) >= 11 is 0. The Morgan fingerprint density at radius 3 is 1.94 bits per heavy atom. The molecule has 0 saturated heterocycles. The lowest BCUT2D eigenvalue weighted by atomic mass is 9.92.